The van der Waals surface area contributed by atoms with Crippen LogP contribution in [-0.2, 0) is 6.54 Å². The Labute approximate surface area is 105 Å². The molecule has 1 heterocycles. The fourth-order valence-corrected chi connectivity index (χ4v) is 1.83. The lowest BCUT2D eigenvalue weighted by atomic mass is 10.2. The average Bonchev–Trinajstić information content (AvgIpc) is 3.22. The van der Waals surface area contributed by atoms with Crippen LogP contribution in [0.4, 0.5) is 0 Å². The highest BCUT2D eigenvalue weighted by molar-refractivity contribution is 5.53. The summed E-state index contributed by atoms with van der Waals surface area (Å²) in [6.07, 6.45) is 4.09. The smallest absolute Gasteiger partial charge is 0.255 e. The lowest BCUT2D eigenvalue weighted by molar-refractivity contribution is 0.679. The van der Waals surface area contributed by atoms with E-state index >= 15 is 0 Å². The van der Waals surface area contributed by atoms with Gasteiger partial charge in [-0.05, 0) is 12.8 Å². The van der Waals surface area contributed by atoms with Crippen molar-refractivity contribution in [3.05, 3.63) is 52.4 Å². The van der Waals surface area contributed by atoms with Crippen LogP contribution in [0.1, 0.15) is 18.4 Å². The number of benzene rings is 1. The van der Waals surface area contributed by atoms with Crippen molar-refractivity contribution in [2.45, 2.75) is 25.4 Å². The molecule has 2 aromatic rings. The topological polar surface area (TPSA) is 57.8 Å². The number of aromatic nitrogens is 2. The summed E-state index contributed by atoms with van der Waals surface area (Å²) in [5.74, 6) is 0.621. The van der Waals surface area contributed by atoms with E-state index in [1.54, 1.807) is 6.20 Å². The molecule has 3 rings (SSSR count). The summed E-state index contributed by atoms with van der Waals surface area (Å²) >= 11 is 0. The molecule has 1 aliphatic rings. The van der Waals surface area contributed by atoms with E-state index in [-0.39, 0.29) is 5.56 Å². The van der Waals surface area contributed by atoms with E-state index in [4.69, 9.17) is 0 Å². The highest BCUT2D eigenvalue weighted by Crippen LogP contribution is 2.19. The van der Waals surface area contributed by atoms with Crippen LogP contribution in [0, 0.1) is 0 Å². The number of nitrogens with zero attached hydrogens (tertiary/aromatic N) is 1. The predicted octanol–water partition coefficient (Wildman–Crippen LogP) is 1.69. The second-order valence-electron chi connectivity index (χ2n) is 4.61. The Morgan fingerprint density at radius 3 is 2.72 bits per heavy atom. The lowest BCUT2D eigenvalue weighted by Gasteiger charge is -2.04. The third-order valence-corrected chi connectivity index (χ3v) is 3.08. The van der Waals surface area contributed by atoms with E-state index in [2.05, 4.69) is 15.3 Å². The first kappa shape index (κ1) is 11.2. The molecular weight excluding hydrogens is 226 g/mol. The first-order valence-electron chi connectivity index (χ1n) is 6.20. The SMILES string of the molecule is O=c1[nH]c(-c2ccccc2)ncc1CNC1CC1. The molecule has 0 aliphatic heterocycles. The maximum Gasteiger partial charge on any atom is 0.255 e. The zero-order valence-electron chi connectivity index (χ0n) is 10.0. The van der Waals surface area contributed by atoms with Crippen LogP contribution in [0.15, 0.2) is 41.3 Å². The van der Waals surface area contributed by atoms with Crippen molar-refractivity contribution in [1.82, 2.24) is 15.3 Å². The maximum atomic E-state index is 11.9. The number of hydrogen-bond donors (Lipinski definition) is 2. The zero-order valence-corrected chi connectivity index (χ0v) is 10.0. The van der Waals surface area contributed by atoms with Crippen LogP contribution in [0.25, 0.3) is 11.4 Å². The molecule has 92 valence electrons. The summed E-state index contributed by atoms with van der Waals surface area (Å²) in [6, 6.07) is 10.3. The molecule has 1 saturated carbocycles. The molecule has 4 nitrogen and oxygen atoms in total. The van der Waals surface area contributed by atoms with Crippen molar-refractivity contribution < 1.29 is 0 Å². The minimum Gasteiger partial charge on any atom is -0.310 e. The third-order valence-electron chi connectivity index (χ3n) is 3.08. The Morgan fingerprint density at radius 1 is 1.28 bits per heavy atom. The van der Waals surface area contributed by atoms with Gasteiger partial charge in [0.1, 0.15) is 5.82 Å². The van der Waals surface area contributed by atoms with Gasteiger partial charge < -0.3 is 10.3 Å². The van der Waals surface area contributed by atoms with E-state index in [0.29, 0.717) is 24.0 Å². The van der Waals surface area contributed by atoms with E-state index in [0.717, 1.165) is 5.56 Å². The molecule has 2 N–H and O–H groups in total. The molecule has 0 spiro atoms. The van der Waals surface area contributed by atoms with Gasteiger partial charge in [0.05, 0.1) is 0 Å². The monoisotopic (exact) mass is 241 g/mol. The van der Waals surface area contributed by atoms with Gasteiger partial charge in [-0.15, -0.1) is 0 Å². The second-order valence-corrected chi connectivity index (χ2v) is 4.61. The van der Waals surface area contributed by atoms with Crippen molar-refractivity contribution >= 4 is 0 Å². The average molecular weight is 241 g/mol. The molecule has 0 radical (unpaired) electrons. The summed E-state index contributed by atoms with van der Waals surface area (Å²) in [6.45, 7) is 0.599. The molecule has 18 heavy (non-hydrogen) atoms. The van der Waals surface area contributed by atoms with E-state index in [9.17, 15) is 4.79 Å². The van der Waals surface area contributed by atoms with Crippen LogP contribution in [0.5, 0.6) is 0 Å². The molecule has 4 heteroatoms. The highest BCUT2D eigenvalue weighted by atomic mass is 16.1. The Balaban J connectivity index is 1.82. The lowest BCUT2D eigenvalue weighted by Crippen LogP contribution is -2.23. The fourth-order valence-electron chi connectivity index (χ4n) is 1.83. The van der Waals surface area contributed by atoms with Gasteiger partial charge in [-0.2, -0.15) is 0 Å². The van der Waals surface area contributed by atoms with Gasteiger partial charge in [0, 0.05) is 29.9 Å². The van der Waals surface area contributed by atoms with Crippen molar-refractivity contribution in [3.8, 4) is 11.4 Å². The Morgan fingerprint density at radius 2 is 2.06 bits per heavy atom. The number of rotatable bonds is 4. The number of hydrogen-bond acceptors (Lipinski definition) is 3. The molecule has 0 atom stereocenters. The molecular formula is C14H15N3O. The summed E-state index contributed by atoms with van der Waals surface area (Å²) < 4.78 is 0. The summed E-state index contributed by atoms with van der Waals surface area (Å²) in [4.78, 5) is 19.1. The number of H-pyrrole nitrogens is 1. The largest absolute Gasteiger partial charge is 0.310 e. The highest BCUT2D eigenvalue weighted by Gasteiger charge is 2.20. The summed E-state index contributed by atoms with van der Waals surface area (Å²) in [7, 11) is 0. The maximum absolute atomic E-state index is 11.9. The fraction of sp³-hybridized carbons (Fsp3) is 0.286. The quantitative estimate of drug-likeness (QED) is 0.856. The van der Waals surface area contributed by atoms with E-state index in [1.165, 1.54) is 12.8 Å². The van der Waals surface area contributed by atoms with Gasteiger partial charge in [-0.3, -0.25) is 4.79 Å². The van der Waals surface area contributed by atoms with Gasteiger partial charge in [0.25, 0.3) is 5.56 Å². The van der Waals surface area contributed by atoms with Gasteiger partial charge in [-0.25, -0.2) is 4.98 Å². The van der Waals surface area contributed by atoms with Gasteiger partial charge >= 0.3 is 0 Å². The summed E-state index contributed by atoms with van der Waals surface area (Å²) in [5.41, 5.74) is 1.56. The Hall–Kier alpha value is -1.94. The minimum atomic E-state index is -0.0583. The molecule has 0 saturated heterocycles. The van der Waals surface area contributed by atoms with Crippen molar-refractivity contribution in [1.29, 1.82) is 0 Å². The predicted molar refractivity (Wildman–Crippen MR) is 70.2 cm³/mol. The van der Waals surface area contributed by atoms with Gasteiger partial charge in [-0.1, -0.05) is 30.3 Å². The van der Waals surface area contributed by atoms with E-state index in [1.807, 2.05) is 30.3 Å². The molecule has 1 aliphatic carbocycles. The van der Waals surface area contributed by atoms with Crippen LogP contribution in [-0.4, -0.2) is 16.0 Å². The molecule has 1 aromatic heterocycles. The van der Waals surface area contributed by atoms with Gasteiger partial charge in [0.2, 0.25) is 0 Å². The zero-order chi connectivity index (χ0) is 12.4. The van der Waals surface area contributed by atoms with Crippen LogP contribution in [0.2, 0.25) is 0 Å². The van der Waals surface area contributed by atoms with Crippen molar-refractivity contribution in [2.24, 2.45) is 0 Å². The van der Waals surface area contributed by atoms with Crippen LogP contribution >= 0.6 is 0 Å². The molecule has 0 bridgehead atoms. The molecule has 1 aromatic carbocycles. The van der Waals surface area contributed by atoms with Crippen LogP contribution < -0.4 is 10.9 Å². The minimum absolute atomic E-state index is 0.0583. The summed E-state index contributed by atoms with van der Waals surface area (Å²) in [5, 5.41) is 3.31. The Kier molecular flexibility index (Phi) is 2.94. The normalized spacial score (nSPS) is 14.7. The molecule has 0 amide bonds. The second kappa shape index (κ2) is 4.74. The molecule has 1 fully saturated rings. The third kappa shape index (κ3) is 2.49. The van der Waals surface area contributed by atoms with Gasteiger partial charge in [0.15, 0.2) is 0 Å². The van der Waals surface area contributed by atoms with Crippen LogP contribution in [0.3, 0.4) is 0 Å². The van der Waals surface area contributed by atoms with Crippen molar-refractivity contribution in [3.63, 3.8) is 0 Å². The first-order chi connectivity index (χ1) is 8.83. The standard InChI is InChI=1S/C14H15N3O/c18-14-11(8-15-12-6-7-12)9-16-13(17-14)10-4-2-1-3-5-10/h1-5,9,12,15H,6-8H2,(H,16,17,18). The van der Waals surface area contributed by atoms with E-state index < -0.39 is 0 Å². The first-order valence-corrected chi connectivity index (χ1v) is 6.20. The number of nitrogens with one attached hydrogen (secondary N) is 2. The Bertz CT molecular complexity index is 587. The number of aromatic amines is 1. The molecule has 0 unspecified atom stereocenters. The van der Waals surface area contributed by atoms with Crippen molar-refractivity contribution in [2.75, 3.05) is 0 Å².